The highest BCUT2D eigenvalue weighted by Gasteiger charge is 2.23. The average molecular weight is 390 g/mol. The lowest BCUT2D eigenvalue weighted by molar-refractivity contribution is -0.135. The molecule has 0 bridgehead atoms. The van der Waals surface area contributed by atoms with Crippen molar-refractivity contribution >= 4 is 23.2 Å². The number of anilines is 2. The molecular weight excluding hydrogens is 354 g/mol. The highest BCUT2D eigenvalue weighted by atomic mass is 16.5. The second kappa shape index (κ2) is 10.5. The maximum absolute atomic E-state index is 12.7. The van der Waals surface area contributed by atoms with Crippen molar-refractivity contribution in [2.45, 2.75) is 46.1 Å². The summed E-state index contributed by atoms with van der Waals surface area (Å²) in [6, 6.07) is 5.94. The van der Waals surface area contributed by atoms with E-state index < -0.39 is 0 Å². The third kappa shape index (κ3) is 5.96. The molecule has 0 saturated heterocycles. The summed E-state index contributed by atoms with van der Waals surface area (Å²) in [4.78, 5) is 29.0. The first-order valence-electron chi connectivity index (χ1n) is 10.2. The van der Waals surface area contributed by atoms with E-state index in [4.69, 9.17) is 4.74 Å². The minimum absolute atomic E-state index is 0.0788. The molecule has 1 aliphatic rings. The highest BCUT2D eigenvalue weighted by Crippen LogP contribution is 2.28. The third-order valence-corrected chi connectivity index (χ3v) is 5.29. The van der Waals surface area contributed by atoms with Crippen molar-refractivity contribution < 1.29 is 14.3 Å². The van der Waals surface area contributed by atoms with Gasteiger partial charge in [-0.25, -0.2) is 0 Å². The van der Waals surface area contributed by atoms with Gasteiger partial charge in [-0.15, -0.1) is 0 Å². The summed E-state index contributed by atoms with van der Waals surface area (Å²) in [5.41, 5.74) is 2.85. The first kappa shape index (κ1) is 22.2. The fourth-order valence-corrected chi connectivity index (χ4v) is 3.70. The molecule has 1 aliphatic carbocycles. The lowest BCUT2D eigenvalue weighted by Crippen LogP contribution is -2.36. The molecule has 0 aromatic heterocycles. The Morgan fingerprint density at radius 1 is 1.21 bits per heavy atom. The fraction of sp³-hybridized carbons (Fsp3) is 0.636. The van der Waals surface area contributed by atoms with Gasteiger partial charge in [0.25, 0.3) is 0 Å². The topological polar surface area (TPSA) is 61.9 Å². The summed E-state index contributed by atoms with van der Waals surface area (Å²) in [5.74, 6) is 0.250. The Bertz CT molecular complexity index is 667. The van der Waals surface area contributed by atoms with Crippen LogP contribution in [0.25, 0.3) is 0 Å². The number of amides is 2. The monoisotopic (exact) mass is 389 g/mol. The highest BCUT2D eigenvalue weighted by molar-refractivity contribution is 5.93. The van der Waals surface area contributed by atoms with Crippen LogP contribution in [-0.2, 0) is 20.9 Å². The molecule has 28 heavy (non-hydrogen) atoms. The number of rotatable bonds is 9. The largest absolute Gasteiger partial charge is 0.383 e. The van der Waals surface area contributed by atoms with E-state index in [1.165, 1.54) is 0 Å². The molecule has 156 valence electrons. The van der Waals surface area contributed by atoms with E-state index in [2.05, 4.69) is 5.32 Å². The van der Waals surface area contributed by atoms with Crippen LogP contribution in [0.1, 0.15) is 45.1 Å². The number of nitrogens with zero attached hydrogens (tertiary/aromatic N) is 2. The average Bonchev–Trinajstić information content (AvgIpc) is 3.19. The van der Waals surface area contributed by atoms with Crippen molar-refractivity contribution in [1.29, 1.82) is 0 Å². The van der Waals surface area contributed by atoms with E-state index >= 15 is 0 Å². The number of hydrogen-bond donors (Lipinski definition) is 1. The van der Waals surface area contributed by atoms with Crippen LogP contribution in [0, 0.1) is 11.8 Å². The fourth-order valence-electron chi connectivity index (χ4n) is 3.70. The Hall–Kier alpha value is -2.08. The van der Waals surface area contributed by atoms with Crippen molar-refractivity contribution in [2.75, 3.05) is 44.6 Å². The van der Waals surface area contributed by atoms with Gasteiger partial charge >= 0.3 is 0 Å². The van der Waals surface area contributed by atoms with Crippen molar-refractivity contribution in [1.82, 2.24) is 4.90 Å². The lowest BCUT2D eigenvalue weighted by Gasteiger charge is -2.27. The Kier molecular flexibility index (Phi) is 8.30. The molecule has 0 aliphatic heterocycles. The third-order valence-electron chi connectivity index (χ3n) is 5.29. The second-order valence-electron chi connectivity index (χ2n) is 8.12. The van der Waals surface area contributed by atoms with Crippen LogP contribution in [0.3, 0.4) is 0 Å². The Morgan fingerprint density at radius 2 is 1.89 bits per heavy atom. The van der Waals surface area contributed by atoms with Gasteiger partial charge < -0.3 is 19.9 Å². The SMILES string of the molecule is COCCN(Cc1cc(NC(=O)C2CCCC2)ccc1N(C)C)C(=O)C(C)C. The van der Waals surface area contributed by atoms with E-state index in [0.29, 0.717) is 19.7 Å². The zero-order chi connectivity index (χ0) is 20.7. The first-order valence-corrected chi connectivity index (χ1v) is 10.2. The van der Waals surface area contributed by atoms with Crippen molar-refractivity contribution in [2.24, 2.45) is 11.8 Å². The Balaban J connectivity index is 2.22. The van der Waals surface area contributed by atoms with Gasteiger partial charge in [-0.1, -0.05) is 26.7 Å². The molecule has 6 heteroatoms. The van der Waals surface area contributed by atoms with Crippen LogP contribution in [0.2, 0.25) is 0 Å². The Morgan fingerprint density at radius 3 is 2.46 bits per heavy atom. The molecular formula is C22H35N3O3. The number of hydrogen-bond acceptors (Lipinski definition) is 4. The maximum atomic E-state index is 12.7. The van der Waals surface area contributed by atoms with Crippen LogP contribution in [-0.4, -0.2) is 51.1 Å². The number of ether oxygens (including phenoxy) is 1. The summed E-state index contributed by atoms with van der Waals surface area (Å²) in [6.07, 6.45) is 4.22. The van der Waals surface area contributed by atoms with Gasteiger partial charge in [0.15, 0.2) is 0 Å². The quantitative estimate of drug-likeness (QED) is 0.702. The molecule has 0 heterocycles. The summed E-state index contributed by atoms with van der Waals surface area (Å²) >= 11 is 0. The molecule has 0 spiro atoms. The molecule has 1 aromatic rings. The summed E-state index contributed by atoms with van der Waals surface area (Å²) in [6.45, 7) is 5.34. The van der Waals surface area contributed by atoms with Crippen LogP contribution < -0.4 is 10.2 Å². The molecule has 2 rings (SSSR count). The van der Waals surface area contributed by atoms with Crippen molar-refractivity contribution in [3.63, 3.8) is 0 Å². The number of carbonyl (C=O) groups excluding carboxylic acids is 2. The molecule has 6 nitrogen and oxygen atoms in total. The standard InChI is InChI=1S/C22H35N3O3/c1-16(2)22(27)25(12-13-28-5)15-18-14-19(10-11-20(18)24(3)4)23-21(26)17-8-6-7-9-17/h10-11,14,16-17H,6-9,12-13,15H2,1-5H3,(H,23,26). The summed E-state index contributed by atoms with van der Waals surface area (Å²) in [5, 5.41) is 3.07. The van der Waals surface area contributed by atoms with E-state index in [-0.39, 0.29) is 23.7 Å². The molecule has 1 fully saturated rings. The second-order valence-corrected chi connectivity index (χ2v) is 8.12. The minimum atomic E-state index is -0.0788. The van der Waals surface area contributed by atoms with Gasteiger partial charge in [0.05, 0.1) is 6.61 Å². The molecule has 0 atom stereocenters. The minimum Gasteiger partial charge on any atom is -0.383 e. The van der Waals surface area contributed by atoms with Crippen LogP contribution in [0.15, 0.2) is 18.2 Å². The lowest BCUT2D eigenvalue weighted by atomic mass is 10.1. The first-order chi connectivity index (χ1) is 13.3. The zero-order valence-electron chi connectivity index (χ0n) is 18.0. The summed E-state index contributed by atoms with van der Waals surface area (Å²) < 4.78 is 5.19. The van der Waals surface area contributed by atoms with Crippen LogP contribution in [0.5, 0.6) is 0 Å². The van der Waals surface area contributed by atoms with Gasteiger partial charge in [-0.3, -0.25) is 9.59 Å². The van der Waals surface area contributed by atoms with Gasteiger partial charge in [-0.05, 0) is 36.6 Å². The number of methoxy groups -OCH3 is 1. The van der Waals surface area contributed by atoms with Gasteiger partial charge in [0, 0.05) is 57.5 Å². The molecule has 1 N–H and O–H groups in total. The predicted molar refractivity (Wildman–Crippen MR) is 113 cm³/mol. The van der Waals surface area contributed by atoms with Crippen LogP contribution >= 0.6 is 0 Å². The zero-order valence-corrected chi connectivity index (χ0v) is 18.0. The summed E-state index contributed by atoms with van der Waals surface area (Å²) in [7, 11) is 5.61. The number of nitrogens with one attached hydrogen (secondary N) is 1. The van der Waals surface area contributed by atoms with E-state index in [1.54, 1.807) is 7.11 Å². The van der Waals surface area contributed by atoms with Gasteiger partial charge in [-0.2, -0.15) is 0 Å². The van der Waals surface area contributed by atoms with Gasteiger partial charge in [0.2, 0.25) is 11.8 Å². The molecule has 1 aromatic carbocycles. The van der Waals surface area contributed by atoms with Crippen molar-refractivity contribution in [3.8, 4) is 0 Å². The van der Waals surface area contributed by atoms with Gasteiger partial charge in [0.1, 0.15) is 0 Å². The van der Waals surface area contributed by atoms with E-state index in [0.717, 1.165) is 42.6 Å². The normalized spacial score (nSPS) is 14.4. The van der Waals surface area contributed by atoms with Crippen LogP contribution in [0.4, 0.5) is 11.4 Å². The smallest absolute Gasteiger partial charge is 0.227 e. The molecule has 2 amide bonds. The van der Waals surface area contributed by atoms with E-state index in [1.807, 2.05) is 55.9 Å². The predicted octanol–water partition coefficient (Wildman–Crippen LogP) is 3.51. The van der Waals surface area contributed by atoms with E-state index in [9.17, 15) is 9.59 Å². The Labute approximate surface area is 169 Å². The van der Waals surface area contributed by atoms with Crippen molar-refractivity contribution in [3.05, 3.63) is 23.8 Å². The number of carbonyl (C=O) groups is 2. The molecule has 1 saturated carbocycles. The molecule has 0 radical (unpaired) electrons. The molecule has 0 unspecified atom stereocenters. The maximum Gasteiger partial charge on any atom is 0.227 e. The number of benzene rings is 1.